The summed E-state index contributed by atoms with van der Waals surface area (Å²) in [5.74, 6) is 0. The summed E-state index contributed by atoms with van der Waals surface area (Å²) in [6.07, 6.45) is 1.91. The van der Waals surface area contributed by atoms with Gasteiger partial charge in [0.25, 0.3) is 0 Å². The van der Waals surface area contributed by atoms with Crippen LogP contribution in [0.15, 0.2) is 49.0 Å². The van der Waals surface area contributed by atoms with Crippen molar-refractivity contribution in [3.05, 3.63) is 71.3 Å². The topological polar surface area (TPSA) is 3.24 Å². The van der Waals surface area contributed by atoms with Crippen LogP contribution in [0.25, 0.3) is 6.08 Å². The van der Waals surface area contributed by atoms with E-state index >= 15 is 0 Å². The van der Waals surface area contributed by atoms with Gasteiger partial charge in [0, 0.05) is 18.8 Å². The Labute approximate surface area is 108 Å². The molecule has 0 spiro atoms. The molecule has 2 aromatic rings. The minimum atomic E-state index is 1.02. The molecule has 90 valence electrons. The Morgan fingerprint density at radius 1 is 1.06 bits per heavy atom. The van der Waals surface area contributed by atoms with Crippen molar-refractivity contribution >= 4 is 11.8 Å². The molecule has 0 bridgehead atoms. The molecule has 18 heavy (non-hydrogen) atoms. The molecule has 0 saturated carbocycles. The molecule has 1 aliphatic rings. The molecule has 1 aliphatic heterocycles. The molecule has 0 atom stereocenters. The normalized spacial score (nSPS) is 13.5. The van der Waals surface area contributed by atoms with Crippen molar-refractivity contribution in [1.82, 2.24) is 0 Å². The molecule has 0 saturated heterocycles. The summed E-state index contributed by atoms with van der Waals surface area (Å²) < 4.78 is 0. The minimum absolute atomic E-state index is 1.02. The molecule has 1 heteroatoms. The predicted molar refractivity (Wildman–Crippen MR) is 77.6 cm³/mol. The molecule has 0 radical (unpaired) electrons. The van der Waals surface area contributed by atoms with Crippen LogP contribution in [-0.2, 0) is 13.1 Å². The van der Waals surface area contributed by atoms with E-state index in [1.54, 1.807) is 0 Å². The highest BCUT2D eigenvalue weighted by Gasteiger charge is 2.18. The molecule has 2 aromatic carbocycles. The molecule has 0 aliphatic carbocycles. The number of aryl methyl sites for hydroxylation is 1. The maximum Gasteiger partial charge on any atom is 0.0436 e. The summed E-state index contributed by atoms with van der Waals surface area (Å²) in [6.45, 7) is 8.01. The molecule has 0 amide bonds. The Morgan fingerprint density at radius 2 is 1.72 bits per heavy atom. The van der Waals surface area contributed by atoms with Crippen LogP contribution < -0.4 is 4.90 Å². The van der Waals surface area contributed by atoms with Gasteiger partial charge in [-0.25, -0.2) is 0 Å². The zero-order chi connectivity index (χ0) is 12.5. The van der Waals surface area contributed by atoms with Gasteiger partial charge in [0.1, 0.15) is 0 Å². The van der Waals surface area contributed by atoms with Crippen LogP contribution in [0.5, 0.6) is 0 Å². The molecule has 1 heterocycles. The third-order valence-electron chi connectivity index (χ3n) is 3.68. The van der Waals surface area contributed by atoms with Crippen LogP contribution in [0.2, 0.25) is 0 Å². The molecule has 0 N–H and O–H groups in total. The molecule has 1 nitrogen and oxygen atoms in total. The summed E-state index contributed by atoms with van der Waals surface area (Å²) in [5, 5.41) is 0. The summed E-state index contributed by atoms with van der Waals surface area (Å²) >= 11 is 0. The maximum absolute atomic E-state index is 3.84. The fraction of sp³-hybridized carbons (Fsp3) is 0.176. The molecule has 3 rings (SSSR count). The van der Waals surface area contributed by atoms with E-state index in [1.165, 1.54) is 27.9 Å². The van der Waals surface area contributed by atoms with Crippen molar-refractivity contribution < 1.29 is 0 Å². The third-order valence-corrected chi connectivity index (χ3v) is 3.68. The lowest BCUT2D eigenvalue weighted by Crippen LogP contribution is -2.14. The highest BCUT2D eigenvalue weighted by atomic mass is 15.1. The molecule has 0 aromatic heterocycles. The van der Waals surface area contributed by atoms with Crippen molar-refractivity contribution in [2.24, 2.45) is 0 Å². The summed E-state index contributed by atoms with van der Waals surface area (Å²) in [7, 11) is 0. The summed E-state index contributed by atoms with van der Waals surface area (Å²) in [4.78, 5) is 2.42. The lowest BCUT2D eigenvalue weighted by molar-refractivity contribution is 0.879. The second-order valence-corrected chi connectivity index (χ2v) is 4.87. The second kappa shape index (κ2) is 4.34. The molecular formula is C17H17N. The van der Waals surface area contributed by atoms with Crippen molar-refractivity contribution in [1.29, 1.82) is 0 Å². The van der Waals surface area contributed by atoms with E-state index in [2.05, 4.69) is 60.9 Å². The Balaban J connectivity index is 1.90. The predicted octanol–water partition coefficient (Wildman–Crippen LogP) is 4.16. The highest BCUT2D eigenvalue weighted by molar-refractivity contribution is 5.60. The van der Waals surface area contributed by atoms with Crippen molar-refractivity contribution in [3.8, 4) is 0 Å². The van der Waals surface area contributed by atoms with Gasteiger partial charge in [-0.3, -0.25) is 0 Å². The largest absolute Gasteiger partial charge is 0.363 e. The lowest BCUT2D eigenvalue weighted by Gasteiger charge is -2.19. The third kappa shape index (κ3) is 1.82. The van der Waals surface area contributed by atoms with E-state index in [1.807, 2.05) is 6.08 Å². The van der Waals surface area contributed by atoms with Crippen LogP contribution in [0.4, 0.5) is 5.69 Å². The average molecular weight is 235 g/mol. The monoisotopic (exact) mass is 235 g/mol. The van der Waals surface area contributed by atoms with Gasteiger partial charge < -0.3 is 4.90 Å². The van der Waals surface area contributed by atoms with E-state index in [-0.39, 0.29) is 0 Å². The number of fused-ring (bicyclic) bond motifs is 1. The van der Waals surface area contributed by atoms with Gasteiger partial charge in [0.05, 0.1) is 0 Å². The molecular weight excluding hydrogens is 218 g/mol. The number of nitrogens with zero attached hydrogens (tertiary/aromatic N) is 1. The van der Waals surface area contributed by atoms with Gasteiger partial charge in [-0.15, -0.1) is 0 Å². The van der Waals surface area contributed by atoms with Gasteiger partial charge >= 0.3 is 0 Å². The van der Waals surface area contributed by atoms with Crippen molar-refractivity contribution in [2.45, 2.75) is 20.0 Å². The van der Waals surface area contributed by atoms with E-state index in [4.69, 9.17) is 0 Å². The Kier molecular flexibility index (Phi) is 2.67. The first-order valence-corrected chi connectivity index (χ1v) is 6.33. The van der Waals surface area contributed by atoms with E-state index in [9.17, 15) is 0 Å². The first-order valence-electron chi connectivity index (χ1n) is 6.33. The van der Waals surface area contributed by atoms with Gasteiger partial charge in [-0.1, -0.05) is 43.0 Å². The number of rotatable bonds is 2. The van der Waals surface area contributed by atoms with Crippen LogP contribution in [0.1, 0.15) is 22.3 Å². The number of benzene rings is 2. The summed E-state index contributed by atoms with van der Waals surface area (Å²) in [6, 6.07) is 15.3. The van der Waals surface area contributed by atoms with Gasteiger partial charge in [0.2, 0.25) is 0 Å². The highest BCUT2D eigenvalue weighted by Crippen LogP contribution is 2.29. The van der Waals surface area contributed by atoms with Gasteiger partial charge in [-0.05, 0) is 41.3 Å². The number of hydrogen-bond acceptors (Lipinski definition) is 1. The fourth-order valence-corrected chi connectivity index (χ4v) is 2.60. The maximum atomic E-state index is 3.84. The van der Waals surface area contributed by atoms with E-state index in [0.29, 0.717) is 0 Å². The number of anilines is 1. The van der Waals surface area contributed by atoms with Crippen LogP contribution >= 0.6 is 0 Å². The number of hydrogen-bond donors (Lipinski definition) is 0. The van der Waals surface area contributed by atoms with Crippen LogP contribution in [0, 0.1) is 6.92 Å². The standard InChI is InChI=1S/C17H17N/c1-3-14-8-9-17(10-13(14)2)18-11-15-6-4-5-7-16(15)12-18/h3-10H,1,11-12H2,2H3. The Morgan fingerprint density at radius 3 is 2.28 bits per heavy atom. The minimum Gasteiger partial charge on any atom is -0.363 e. The molecule has 0 fully saturated rings. The first kappa shape index (κ1) is 11.1. The average Bonchev–Trinajstić information content (AvgIpc) is 2.82. The van der Waals surface area contributed by atoms with Crippen LogP contribution in [-0.4, -0.2) is 0 Å². The van der Waals surface area contributed by atoms with Gasteiger partial charge in [0.15, 0.2) is 0 Å². The molecule has 0 unspecified atom stereocenters. The first-order chi connectivity index (χ1) is 8.78. The summed E-state index contributed by atoms with van der Waals surface area (Å²) in [5.41, 5.74) is 6.70. The SMILES string of the molecule is C=Cc1ccc(N2Cc3ccccc3C2)cc1C. The fourth-order valence-electron chi connectivity index (χ4n) is 2.60. The zero-order valence-corrected chi connectivity index (χ0v) is 10.7. The van der Waals surface area contributed by atoms with Crippen LogP contribution in [0.3, 0.4) is 0 Å². The van der Waals surface area contributed by atoms with Crippen molar-refractivity contribution in [2.75, 3.05) is 4.90 Å². The smallest absolute Gasteiger partial charge is 0.0436 e. The Hall–Kier alpha value is -2.02. The lowest BCUT2D eigenvalue weighted by atomic mass is 10.1. The van der Waals surface area contributed by atoms with E-state index in [0.717, 1.165) is 13.1 Å². The second-order valence-electron chi connectivity index (χ2n) is 4.87. The van der Waals surface area contributed by atoms with Gasteiger partial charge in [-0.2, -0.15) is 0 Å². The van der Waals surface area contributed by atoms with Crippen molar-refractivity contribution in [3.63, 3.8) is 0 Å². The quantitative estimate of drug-likeness (QED) is 0.755. The van der Waals surface area contributed by atoms with E-state index < -0.39 is 0 Å². The Bertz CT molecular complexity index is 573. The zero-order valence-electron chi connectivity index (χ0n) is 10.7.